The normalized spacial score (nSPS) is 15.3. The van der Waals surface area contributed by atoms with Gasteiger partial charge in [-0.15, -0.1) is 0 Å². The molecule has 1 aliphatic carbocycles. The van der Waals surface area contributed by atoms with Gasteiger partial charge >= 0.3 is 0 Å². The summed E-state index contributed by atoms with van der Waals surface area (Å²) in [5.41, 5.74) is 0.648. The lowest BCUT2D eigenvalue weighted by molar-refractivity contribution is 0.0952. The van der Waals surface area contributed by atoms with Crippen LogP contribution >= 0.6 is 0 Å². The van der Waals surface area contributed by atoms with E-state index in [1.54, 1.807) is 7.11 Å². The Kier molecular flexibility index (Phi) is 7.90. The van der Waals surface area contributed by atoms with Gasteiger partial charge in [0, 0.05) is 32.3 Å². The molecule has 1 saturated carbocycles. The monoisotopic (exact) mass is 320 g/mol. The largest absolute Gasteiger partial charge is 0.490 e. The summed E-state index contributed by atoms with van der Waals surface area (Å²) in [7, 11) is 1.67. The molecular formula is C18H28N2O3. The standard InChI is InChI=1S/C18H28N2O3/c1-22-13-12-19-10-11-20-18(21)15-6-5-9-17(14-15)23-16-7-3-2-4-8-16/h5-6,9,14,16,19H,2-4,7-8,10-13H2,1H3,(H,20,21). The average Bonchev–Trinajstić information content (AvgIpc) is 2.59. The number of carbonyl (C=O) groups is 1. The molecule has 2 rings (SSSR count). The van der Waals surface area contributed by atoms with Crippen LogP contribution in [0.1, 0.15) is 42.5 Å². The molecule has 1 aliphatic rings. The van der Waals surface area contributed by atoms with Gasteiger partial charge in [0.25, 0.3) is 5.91 Å². The van der Waals surface area contributed by atoms with Crippen LogP contribution in [0.5, 0.6) is 5.75 Å². The van der Waals surface area contributed by atoms with Crippen molar-refractivity contribution in [2.75, 3.05) is 33.4 Å². The number of carbonyl (C=O) groups excluding carboxylic acids is 1. The van der Waals surface area contributed by atoms with Crippen molar-refractivity contribution in [1.29, 1.82) is 0 Å². The van der Waals surface area contributed by atoms with Crippen LogP contribution in [-0.2, 0) is 4.74 Å². The van der Waals surface area contributed by atoms with E-state index in [2.05, 4.69) is 10.6 Å². The van der Waals surface area contributed by atoms with Crippen molar-refractivity contribution in [3.05, 3.63) is 29.8 Å². The number of benzene rings is 1. The molecule has 0 heterocycles. The summed E-state index contributed by atoms with van der Waals surface area (Å²) in [6.07, 6.45) is 6.31. The molecule has 5 heteroatoms. The van der Waals surface area contributed by atoms with E-state index in [4.69, 9.17) is 9.47 Å². The van der Waals surface area contributed by atoms with Crippen molar-refractivity contribution < 1.29 is 14.3 Å². The van der Waals surface area contributed by atoms with E-state index in [0.717, 1.165) is 31.7 Å². The molecule has 0 aliphatic heterocycles. The lowest BCUT2D eigenvalue weighted by Crippen LogP contribution is -2.33. The van der Waals surface area contributed by atoms with Gasteiger partial charge in [-0.2, -0.15) is 0 Å². The zero-order valence-electron chi connectivity index (χ0n) is 14.0. The molecular weight excluding hydrogens is 292 g/mol. The second kappa shape index (κ2) is 10.2. The van der Waals surface area contributed by atoms with E-state index in [1.165, 1.54) is 19.3 Å². The topological polar surface area (TPSA) is 59.6 Å². The molecule has 0 atom stereocenters. The predicted molar refractivity (Wildman–Crippen MR) is 91.0 cm³/mol. The van der Waals surface area contributed by atoms with Crippen LogP contribution in [-0.4, -0.2) is 45.4 Å². The zero-order valence-corrected chi connectivity index (χ0v) is 14.0. The van der Waals surface area contributed by atoms with Crippen molar-refractivity contribution in [1.82, 2.24) is 10.6 Å². The maximum atomic E-state index is 12.2. The molecule has 0 aromatic heterocycles. The van der Waals surface area contributed by atoms with Crippen molar-refractivity contribution in [2.24, 2.45) is 0 Å². The Bertz CT molecular complexity index is 473. The molecule has 1 fully saturated rings. The summed E-state index contributed by atoms with van der Waals surface area (Å²) in [6, 6.07) is 7.46. The number of rotatable bonds is 9. The molecule has 1 amide bonds. The molecule has 5 nitrogen and oxygen atoms in total. The van der Waals surface area contributed by atoms with Crippen LogP contribution in [0.4, 0.5) is 0 Å². The summed E-state index contributed by atoms with van der Waals surface area (Å²) in [5, 5.41) is 6.10. The van der Waals surface area contributed by atoms with Crippen molar-refractivity contribution >= 4 is 5.91 Å². The second-order valence-corrected chi connectivity index (χ2v) is 5.90. The first-order valence-electron chi connectivity index (χ1n) is 8.54. The lowest BCUT2D eigenvalue weighted by Gasteiger charge is -2.23. The Morgan fingerprint density at radius 2 is 2.00 bits per heavy atom. The number of amides is 1. The van der Waals surface area contributed by atoms with Gasteiger partial charge in [0.05, 0.1) is 12.7 Å². The fourth-order valence-electron chi connectivity index (χ4n) is 2.75. The van der Waals surface area contributed by atoms with Crippen LogP contribution in [0.15, 0.2) is 24.3 Å². The number of ether oxygens (including phenoxy) is 2. The highest BCUT2D eigenvalue weighted by Gasteiger charge is 2.15. The Morgan fingerprint density at radius 1 is 1.17 bits per heavy atom. The fourth-order valence-corrected chi connectivity index (χ4v) is 2.75. The van der Waals surface area contributed by atoms with Gasteiger partial charge in [0.1, 0.15) is 5.75 Å². The summed E-state index contributed by atoms with van der Waals surface area (Å²) in [5.74, 6) is 0.732. The molecule has 23 heavy (non-hydrogen) atoms. The van der Waals surface area contributed by atoms with E-state index in [-0.39, 0.29) is 5.91 Å². The Balaban J connectivity index is 1.75. The molecule has 1 aromatic rings. The minimum absolute atomic E-state index is 0.0624. The number of hydrogen-bond donors (Lipinski definition) is 2. The molecule has 2 N–H and O–H groups in total. The van der Waals surface area contributed by atoms with Crippen LogP contribution in [0.3, 0.4) is 0 Å². The number of nitrogens with one attached hydrogen (secondary N) is 2. The molecule has 0 unspecified atom stereocenters. The summed E-state index contributed by atoms with van der Waals surface area (Å²) < 4.78 is 11.0. The Hall–Kier alpha value is -1.59. The van der Waals surface area contributed by atoms with E-state index >= 15 is 0 Å². The molecule has 1 aromatic carbocycles. The number of hydrogen-bond acceptors (Lipinski definition) is 4. The number of methoxy groups -OCH3 is 1. The summed E-state index contributed by atoms with van der Waals surface area (Å²) in [4.78, 5) is 12.2. The van der Waals surface area contributed by atoms with Gasteiger partial charge in [-0.1, -0.05) is 12.5 Å². The maximum Gasteiger partial charge on any atom is 0.251 e. The fraction of sp³-hybridized carbons (Fsp3) is 0.611. The minimum Gasteiger partial charge on any atom is -0.490 e. The smallest absolute Gasteiger partial charge is 0.251 e. The third-order valence-electron chi connectivity index (χ3n) is 4.02. The van der Waals surface area contributed by atoms with E-state index in [9.17, 15) is 4.79 Å². The predicted octanol–water partition coefficient (Wildman–Crippen LogP) is 2.36. The van der Waals surface area contributed by atoms with Gasteiger partial charge in [-0.05, 0) is 43.9 Å². The van der Waals surface area contributed by atoms with Crippen molar-refractivity contribution in [2.45, 2.75) is 38.2 Å². The first-order chi connectivity index (χ1) is 11.3. The first-order valence-corrected chi connectivity index (χ1v) is 8.54. The molecule has 0 spiro atoms. The van der Waals surface area contributed by atoms with Gasteiger partial charge in [0.2, 0.25) is 0 Å². The van der Waals surface area contributed by atoms with Crippen LogP contribution in [0.25, 0.3) is 0 Å². The quantitative estimate of drug-likeness (QED) is 0.686. The van der Waals surface area contributed by atoms with Crippen LogP contribution in [0, 0.1) is 0 Å². The van der Waals surface area contributed by atoms with Gasteiger partial charge < -0.3 is 20.1 Å². The zero-order chi connectivity index (χ0) is 16.3. The highest BCUT2D eigenvalue weighted by atomic mass is 16.5. The van der Waals surface area contributed by atoms with Crippen molar-refractivity contribution in [3.63, 3.8) is 0 Å². The third kappa shape index (κ3) is 6.59. The van der Waals surface area contributed by atoms with Crippen LogP contribution < -0.4 is 15.4 Å². The SMILES string of the molecule is COCCNCCNC(=O)c1cccc(OC2CCCCC2)c1. The second-order valence-electron chi connectivity index (χ2n) is 5.90. The lowest BCUT2D eigenvalue weighted by atomic mass is 9.98. The third-order valence-corrected chi connectivity index (χ3v) is 4.02. The Morgan fingerprint density at radius 3 is 2.78 bits per heavy atom. The van der Waals surface area contributed by atoms with Gasteiger partial charge in [0.15, 0.2) is 0 Å². The van der Waals surface area contributed by atoms with E-state index in [1.807, 2.05) is 24.3 Å². The van der Waals surface area contributed by atoms with Crippen molar-refractivity contribution in [3.8, 4) is 5.75 Å². The molecule has 128 valence electrons. The highest BCUT2D eigenvalue weighted by Crippen LogP contribution is 2.23. The first kappa shape index (κ1) is 17.8. The summed E-state index contributed by atoms with van der Waals surface area (Å²) in [6.45, 7) is 2.79. The maximum absolute atomic E-state index is 12.2. The van der Waals surface area contributed by atoms with E-state index < -0.39 is 0 Å². The minimum atomic E-state index is -0.0624. The average molecular weight is 320 g/mol. The van der Waals surface area contributed by atoms with E-state index in [0.29, 0.717) is 24.8 Å². The Labute approximate surface area is 138 Å². The van der Waals surface area contributed by atoms with Gasteiger partial charge in [-0.3, -0.25) is 4.79 Å². The molecule has 0 bridgehead atoms. The molecule has 0 saturated heterocycles. The molecule has 0 radical (unpaired) electrons. The highest BCUT2D eigenvalue weighted by molar-refractivity contribution is 5.94. The summed E-state index contributed by atoms with van der Waals surface area (Å²) >= 11 is 0. The van der Waals surface area contributed by atoms with Gasteiger partial charge in [-0.25, -0.2) is 0 Å². The van der Waals surface area contributed by atoms with Crippen LogP contribution in [0.2, 0.25) is 0 Å².